The first-order valence-electron chi connectivity index (χ1n) is 10.1. The molecule has 3 aliphatic rings. The summed E-state index contributed by atoms with van der Waals surface area (Å²) in [4.78, 5) is 0.225. The van der Waals surface area contributed by atoms with Crippen LogP contribution in [0.15, 0.2) is 35.2 Å². The standard InChI is InChI=1S/C21H30O5S/c1-14-20-18(21(24-2)26-14)12-15-8-6-7-11-17(15)19(20)13-25-27(22,23)16-9-4-3-5-10-16/h3-5,9-10,14-15,17-21H,6-8,11-13H2,1-2H3/t14-,15+,17-,18-,19+,20-,21-/m1/s1. The van der Waals surface area contributed by atoms with E-state index in [-0.39, 0.29) is 29.8 Å². The molecule has 7 atom stereocenters. The van der Waals surface area contributed by atoms with Crippen LogP contribution in [0.4, 0.5) is 0 Å². The fourth-order valence-electron chi connectivity index (χ4n) is 5.88. The minimum atomic E-state index is -3.73. The summed E-state index contributed by atoms with van der Waals surface area (Å²) >= 11 is 0. The van der Waals surface area contributed by atoms with Gasteiger partial charge in [-0.25, -0.2) is 0 Å². The van der Waals surface area contributed by atoms with Gasteiger partial charge in [0.2, 0.25) is 0 Å². The lowest BCUT2D eigenvalue weighted by molar-refractivity contribution is -0.132. The van der Waals surface area contributed by atoms with Crippen LogP contribution in [0.2, 0.25) is 0 Å². The van der Waals surface area contributed by atoms with Crippen molar-refractivity contribution in [1.29, 1.82) is 0 Å². The third-order valence-corrected chi connectivity index (χ3v) is 8.30. The molecule has 27 heavy (non-hydrogen) atoms. The second kappa shape index (κ2) is 7.82. The minimum absolute atomic E-state index is 0.0656. The molecule has 0 bridgehead atoms. The van der Waals surface area contributed by atoms with Gasteiger partial charge in [-0.05, 0) is 55.6 Å². The number of methoxy groups -OCH3 is 1. The van der Waals surface area contributed by atoms with Gasteiger partial charge in [0.15, 0.2) is 6.29 Å². The molecule has 4 rings (SSSR count). The van der Waals surface area contributed by atoms with Crippen LogP contribution in [0.5, 0.6) is 0 Å². The largest absolute Gasteiger partial charge is 0.356 e. The minimum Gasteiger partial charge on any atom is -0.356 e. The van der Waals surface area contributed by atoms with E-state index in [1.165, 1.54) is 19.3 Å². The van der Waals surface area contributed by atoms with Crippen LogP contribution >= 0.6 is 0 Å². The van der Waals surface area contributed by atoms with E-state index in [2.05, 4.69) is 6.92 Å². The molecule has 0 radical (unpaired) electrons. The van der Waals surface area contributed by atoms with E-state index in [9.17, 15) is 8.42 Å². The highest BCUT2D eigenvalue weighted by atomic mass is 32.2. The van der Waals surface area contributed by atoms with Gasteiger partial charge in [0.25, 0.3) is 10.1 Å². The molecule has 6 heteroatoms. The van der Waals surface area contributed by atoms with E-state index in [0.717, 1.165) is 12.8 Å². The van der Waals surface area contributed by atoms with Gasteiger partial charge in [0.1, 0.15) is 0 Å². The summed E-state index contributed by atoms with van der Waals surface area (Å²) in [6.07, 6.45) is 5.89. The van der Waals surface area contributed by atoms with Crippen molar-refractivity contribution >= 4 is 10.1 Å². The Hall–Kier alpha value is -0.950. The number of fused-ring (bicyclic) bond motifs is 2. The third kappa shape index (κ3) is 3.69. The monoisotopic (exact) mass is 394 g/mol. The predicted octanol–water partition coefficient (Wildman–Crippen LogP) is 3.84. The summed E-state index contributed by atoms with van der Waals surface area (Å²) in [5.74, 6) is 1.97. The highest BCUT2D eigenvalue weighted by Crippen LogP contribution is 2.54. The Bertz CT molecular complexity index is 734. The summed E-state index contributed by atoms with van der Waals surface area (Å²) in [6.45, 7) is 2.34. The molecule has 3 fully saturated rings. The fraction of sp³-hybridized carbons (Fsp3) is 0.714. The first-order valence-corrected chi connectivity index (χ1v) is 11.5. The zero-order valence-electron chi connectivity index (χ0n) is 16.1. The molecule has 1 aliphatic heterocycles. The van der Waals surface area contributed by atoms with Crippen molar-refractivity contribution in [3.63, 3.8) is 0 Å². The quantitative estimate of drug-likeness (QED) is 0.710. The Morgan fingerprint density at radius 2 is 1.85 bits per heavy atom. The van der Waals surface area contributed by atoms with Crippen molar-refractivity contribution in [3.05, 3.63) is 30.3 Å². The Balaban J connectivity index is 1.56. The Kier molecular flexibility index (Phi) is 5.61. The van der Waals surface area contributed by atoms with Gasteiger partial charge >= 0.3 is 0 Å². The molecule has 2 saturated carbocycles. The highest BCUT2D eigenvalue weighted by molar-refractivity contribution is 7.86. The van der Waals surface area contributed by atoms with E-state index in [4.69, 9.17) is 13.7 Å². The normalized spacial score (nSPS) is 39.0. The average Bonchev–Trinajstić information content (AvgIpc) is 3.01. The molecule has 0 spiro atoms. The molecule has 0 N–H and O–H groups in total. The van der Waals surface area contributed by atoms with Gasteiger partial charge in [0, 0.05) is 13.0 Å². The van der Waals surface area contributed by atoms with E-state index >= 15 is 0 Å². The molecule has 1 heterocycles. The zero-order valence-corrected chi connectivity index (χ0v) is 16.9. The van der Waals surface area contributed by atoms with Crippen molar-refractivity contribution in [1.82, 2.24) is 0 Å². The number of hydrogen-bond acceptors (Lipinski definition) is 5. The molecule has 0 amide bonds. The number of benzene rings is 1. The van der Waals surface area contributed by atoms with E-state index in [1.54, 1.807) is 37.4 Å². The molecular weight excluding hydrogens is 364 g/mol. The Labute approximate surface area is 162 Å². The summed E-state index contributed by atoms with van der Waals surface area (Å²) in [5.41, 5.74) is 0. The van der Waals surface area contributed by atoms with Crippen LogP contribution in [-0.4, -0.2) is 34.5 Å². The van der Waals surface area contributed by atoms with Gasteiger partial charge in [-0.3, -0.25) is 4.18 Å². The van der Waals surface area contributed by atoms with E-state index < -0.39 is 10.1 Å². The summed E-state index contributed by atoms with van der Waals surface area (Å²) in [7, 11) is -2.03. The van der Waals surface area contributed by atoms with Crippen LogP contribution in [-0.2, 0) is 23.8 Å². The van der Waals surface area contributed by atoms with Gasteiger partial charge in [-0.2, -0.15) is 8.42 Å². The molecule has 0 unspecified atom stereocenters. The number of hydrogen-bond donors (Lipinski definition) is 0. The van der Waals surface area contributed by atoms with Gasteiger partial charge in [-0.15, -0.1) is 0 Å². The van der Waals surface area contributed by atoms with E-state index in [1.807, 2.05) is 0 Å². The first kappa shape index (κ1) is 19.4. The molecular formula is C21H30O5S. The van der Waals surface area contributed by atoms with Crippen LogP contribution in [0.1, 0.15) is 39.0 Å². The second-order valence-corrected chi connectivity index (χ2v) is 9.96. The van der Waals surface area contributed by atoms with Crippen molar-refractivity contribution in [3.8, 4) is 0 Å². The maximum absolute atomic E-state index is 12.7. The van der Waals surface area contributed by atoms with Crippen LogP contribution < -0.4 is 0 Å². The first-order chi connectivity index (χ1) is 13.0. The lowest BCUT2D eigenvalue weighted by atomic mass is 9.57. The van der Waals surface area contributed by atoms with Crippen LogP contribution in [0, 0.1) is 29.6 Å². The van der Waals surface area contributed by atoms with Gasteiger partial charge in [-0.1, -0.05) is 37.5 Å². The maximum Gasteiger partial charge on any atom is 0.296 e. The zero-order chi connectivity index (χ0) is 19.0. The average molecular weight is 395 g/mol. The topological polar surface area (TPSA) is 61.8 Å². The van der Waals surface area contributed by atoms with Crippen LogP contribution in [0.3, 0.4) is 0 Å². The Morgan fingerprint density at radius 3 is 2.59 bits per heavy atom. The molecule has 5 nitrogen and oxygen atoms in total. The molecule has 150 valence electrons. The Morgan fingerprint density at radius 1 is 1.11 bits per heavy atom. The van der Waals surface area contributed by atoms with E-state index in [0.29, 0.717) is 23.7 Å². The van der Waals surface area contributed by atoms with Crippen LogP contribution in [0.25, 0.3) is 0 Å². The predicted molar refractivity (Wildman–Crippen MR) is 101 cm³/mol. The third-order valence-electron chi connectivity index (χ3n) is 7.00. The smallest absolute Gasteiger partial charge is 0.296 e. The second-order valence-electron chi connectivity index (χ2n) is 8.35. The molecule has 2 aliphatic carbocycles. The SMILES string of the molecule is CO[C@@H]1O[C@H](C)[C@@H]2[C@H]1C[C@@H]1CCCC[C@H]1[C@@H]2COS(=O)(=O)c1ccccc1. The molecule has 1 saturated heterocycles. The summed E-state index contributed by atoms with van der Waals surface area (Å²) in [6, 6.07) is 8.43. The number of ether oxygens (including phenoxy) is 2. The van der Waals surface area contributed by atoms with Crippen molar-refractivity contribution in [2.24, 2.45) is 29.6 Å². The lowest BCUT2D eigenvalue weighted by Crippen LogP contribution is -2.46. The number of rotatable bonds is 5. The molecule has 1 aromatic carbocycles. The maximum atomic E-state index is 12.7. The molecule has 1 aromatic rings. The summed E-state index contributed by atoms with van der Waals surface area (Å²) < 4.78 is 42.6. The lowest BCUT2D eigenvalue weighted by Gasteiger charge is -2.47. The van der Waals surface area contributed by atoms with Crippen molar-refractivity contribution in [2.45, 2.75) is 56.3 Å². The fourth-order valence-corrected chi connectivity index (χ4v) is 6.85. The van der Waals surface area contributed by atoms with Crippen molar-refractivity contribution in [2.75, 3.05) is 13.7 Å². The van der Waals surface area contributed by atoms with Gasteiger partial charge in [0.05, 0.1) is 17.6 Å². The van der Waals surface area contributed by atoms with Gasteiger partial charge < -0.3 is 9.47 Å². The summed E-state index contributed by atoms with van der Waals surface area (Å²) in [5, 5.41) is 0. The highest BCUT2D eigenvalue weighted by Gasteiger charge is 2.54. The van der Waals surface area contributed by atoms with Crippen molar-refractivity contribution < 1.29 is 22.1 Å². The molecule has 0 aromatic heterocycles.